The molecule has 1 aromatic carbocycles. The fraction of sp³-hybridized carbons (Fsp3) is 0.407. The van der Waals surface area contributed by atoms with Crippen molar-refractivity contribution in [1.82, 2.24) is 20.2 Å². The number of aromatic nitrogens is 2. The predicted molar refractivity (Wildman–Crippen MR) is 132 cm³/mol. The first-order valence-corrected chi connectivity index (χ1v) is 12.0. The summed E-state index contributed by atoms with van der Waals surface area (Å²) in [6, 6.07) is 11.3. The Morgan fingerprint density at radius 2 is 1.91 bits per heavy atom. The molecule has 1 fully saturated rings. The maximum atomic E-state index is 12.7. The van der Waals surface area contributed by atoms with Crippen LogP contribution in [0.25, 0.3) is 10.8 Å². The summed E-state index contributed by atoms with van der Waals surface area (Å²) >= 11 is 0. The molecule has 2 aromatic heterocycles. The van der Waals surface area contributed by atoms with Gasteiger partial charge in [0.15, 0.2) is 0 Å². The van der Waals surface area contributed by atoms with E-state index in [9.17, 15) is 9.59 Å². The van der Waals surface area contributed by atoms with Crippen LogP contribution in [0.4, 0.5) is 0 Å². The number of methoxy groups -OCH3 is 1. The van der Waals surface area contributed by atoms with Crippen LogP contribution in [0.3, 0.4) is 0 Å². The number of nitrogens with zero attached hydrogens (tertiary/aromatic N) is 3. The molecule has 7 nitrogen and oxygen atoms in total. The zero-order valence-electron chi connectivity index (χ0n) is 19.7. The van der Waals surface area contributed by atoms with Gasteiger partial charge in [0.2, 0.25) is 0 Å². The van der Waals surface area contributed by atoms with Gasteiger partial charge in [0.05, 0.1) is 6.61 Å². The van der Waals surface area contributed by atoms with E-state index < -0.39 is 0 Å². The Morgan fingerprint density at radius 1 is 1.06 bits per heavy atom. The molecular weight excluding hydrogens is 428 g/mol. The minimum atomic E-state index is -0.0403. The topological polar surface area (TPSA) is 84.4 Å². The van der Waals surface area contributed by atoms with E-state index in [1.54, 1.807) is 31.8 Å². The summed E-state index contributed by atoms with van der Waals surface area (Å²) in [4.78, 5) is 35.5. The van der Waals surface area contributed by atoms with Gasteiger partial charge in [-0.3, -0.25) is 19.6 Å². The van der Waals surface area contributed by atoms with Crippen LogP contribution in [-0.4, -0.2) is 53.4 Å². The minimum absolute atomic E-state index is 0.00889. The van der Waals surface area contributed by atoms with Gasteiger partial charge in [-0.05, 0) is 60.4 Å². The number of rotatable bonds is 9. The number of carbonyl (C=O) groups is 2. The van der Waals surface area contributed by atoms with E-state index in [1.807, 2.05) is 35.2 Å². The zero-order valence-corrected chi connectivity index (χ0v) is 19.7. The summed E-state index contributed by atoms with van der Waals surface area (Å²) in [6.07, 6.45) is 10.4. The van der Waals surface area contributed by atoms with Crippen LogP contribution in [0, 0.1) is 5.92 Å². The van der Waals surface area contributed by atoms with Gasteiger partial charge >= 0.3 is 0 Å². The second-order valence-corrected chi connectivity index (χ2v) is 8.91. The smallest absolute Gasteiger partial charge is 0.272 e. The highest BCUT2D eigenvalue weighted by Crippen LogP contribution is 2.23. The average molecular weight is 461 g/mol. The number of nitrogens with one attached hydrogen (secondary N) is 1. The Labute approximate surface area is 200 Å². The molecule has 3 aromatic rings. The van der Waals surface area contributed by atoms with Gasteiger partial charge in [0.25, 0.3) is 11.8 Å². The number of hydrogen-bond acceptors (Lipinski definition) is 5. The standard InChI is InChI=1S/C27H32N4O3/c1-34-19-21-5-8-25(30-17-21)27(33)31-14-10-20(11-15-31)4-2-3-12-29-26(32)23-7-6-22-9-13-28-18-24(22)16-23/h5-9,13,16-18,20H,2-4,10-12,14-15,19H2,1H3,(H,29,32). The van der Waals surface area contributed by atoms with Gasteiger partial charge in [0, 0.05) is 56.3 Å². The molecule has 178 valence electrons. The number of piperidine rings is 1. The van der Waals surface area contributed by atoms with Crippen molar-refractivity contribution in [3.8, 4) is 0 Å². The van der Waals surface area contributed by atoms with Gasteiger partial charge in [-0.1, -0.05) is 25.0 Å². The van der Waals surface area contributed by atoms with E-state index in [1.165, 1.54) is 0 Å². The molecule has 1 saturated heterocycles. The Bertz CT molecular complexity index is 1110. The first kappa shape index (κ1) is 23.8. The van der Waals surface area contributed by atoms with Gasteiger partial charge in [0.1, 0.15) is 5.69 Å². The third kappa shape index (κ3) is 6.17. The summed E-state index contributed by atoms with van der Waals surface area (Å²) in [6.45, 7) is 2.72. The lowest BCUT2D eigenvalue weighted by molar-refractivity contribution is 0.0679. The lowest BCUT2D eigenvalue weighted by Gasteiger charge is -2.32. The summed E-state index contributed by atoms with van der Waals surface area (Å²) in [5.41, 5.74) is 2.13. The van der Waals surface area contributed by atoms with Crippen LogP contribution in [0.2, 0.25) is 0 Å². The number of carbonyl (C=O) groups excluding carboxylic acids is 2. The van der Waals surface area contributed by atoms with Crippen molar-refractivity contribution in [1.29, 1.82) is 0 Å². The molecule has 0 unspecified atom stereocenters. The predicted octanol–water partition coefficient (Wildman–Crippen LogP) is 4.23. The van der Waals surface area contributed by atoms with Crippen LogP contribution >= 0.6 is 0 Å². The van der Waals surface area contributed by atoms with Crippen LogP contribution in [-0.2, 0) is 11.3 Å². The second-order valence-electron chi connectivity index (χ2n) is 8.91. The van der Waals surface area contributed by atoms with Crippen LogP contribution in [0.5, 0.6) is 0 Å². The molecule has 0 radical (unpaired) electrons. The molecule has 7 heteroatoms. The van der Waals surface area contributed by atoms with Crippen molar-refractivity contribution in [3.05, 3.63) is 71.8 Å². The third-order valence-electron chi connectivity index (χ3n) is 6.48. The number of fused-ring (bicyclic) bond motifs is 1. The average Bonchev–Trinajstić information content (AvgIpc) is 2.88. The first-order chi connectivity index (χ1) is 16.6. The van der Waals surface area contributed by atoms with Gasteiger partial charge < -0.3 is 15.0 Å². The Kier molecular flexibility index (Phi) is 8.20. The summed E-state index contributed by atoms with van der Waals surface area (Å²) in [5, 5.41) is 5.08. The van der Waals surface area contributed by atoms with Gasteiger partial charge in [-0.25, -0.2) is 0 Å². The number of amides is 2. The maximum Gasteiger partial charge on any atom is 0.272 e. The number of hydrogen-bond donors (Lipinski definition) is 1. The molecular formula is C27H32N4O3. The van der Waals surface area contributed by atoms with Crippen molar-refractivity contribution in [3.63, 3.8) is 0 Å². The molecule has 3 heterocycles. The van der Waals surface area contributed by atoms with Crippen LogP contribution in [0.15, 0.2) is 55.0 Å². The molecule has 34 heavy (non-hydrogen) atoms. The molecule has 0 atom stereocenters. The monoisotopic (exact) mass is 460 g/mol. The number of likely N-dealkylation sites (tertiary alicyclic amines) is 1. The van der Waals surface area contributed by atoms with E-state index in [4.69, 9.17) is 4.74 Å². The summed E-state index contributed by atoms with van der Waals surface area (Å²) in [5.74, 6) is 0.598. The van der Waals surface area contributed by atoms with E-state index in [2.05, 4.69) is 15.3 Å². The van der Waals surface area contributed by atoms with Crippen molar-refractivity contribution in [2.45, 2.75) is 38.7 Å². The van der Waals surface area contributed by atoms with Crippen LogP contribution in [0.1, 0.15) is 58.5 Å². The maximum absolute atomic E-state index is 12.7. The Balaban J connectivity index is 1.13. The highest BCUT2D eigenvalue weighted by Gasteiger charge is 2.24. The minimum Gasteiger partial charge on any atom is -0.380 e. The fourth-order valence-corrected chi connectivity index (χ4v) is 4.48. The van der Waals surface area contributed by atoms with E-state index in [-0.39, 0.29) is 11.8 Å². The molecule has 0 spiro atoms. The lowest BCUT2D eigenvalue weighted by atomic mass is 9.91. The van der Waals surface area contributed by atoms with Gasteiger partial charge in [-0.15, -0.1) is 0 Å². The normalized spacial score (nSPS) is 14.3. The number of benzene rings is 1. The van der Waals surface area contributed by atoms with Crippen molar-refractivity contribution < 1.29 is 14.3 Å². The highest BCUT2D eigenvalue weighted by molar-refractivity contribution is 5.98. The highest BCUT2D eigenvalue weighted by atomic mass is 16.5. The zero-order chi connectivity index (χ0) is 23.8. The van der Waals surface area contributed by atoms with Crippen molar-refractivity contribution in [2.75, 3.05) is 26.7 Å². The molecule has 0 aliphatic carbocycles. The number of ether oxygens (including phenoxy) is 1. The van der Waals surface area contributed by atoms with Gasteiger partial charge in [-0.2, -0.15) is 0 Å². The lowest BCUT2D eigenvalue weighted by Crippen LogP contribution is -2.38. The number of pyridine rings is 2. The first-order valence-electron chi connectivity index (χ1n) is 12.0. The molecule has 0 bridgehead atoms. The Hall–Kier alpha value is -3.32. The van der Waals surface area contributed by atoms with Crippen molar-refractivity contribution in [2.24, 2.45) is 5.92 Å². The molecule has 0 saturated carbocycles. The molecule has 1 aliphatic rings. The van der Waals surface area contributed by atoms with Crippen molar-refractivity contribution >= 4 is 22.6 Å². The molecule has 1 aliphatic heterocycles. The largest absolute Gasteiger partial charge is 0.380 e. The quantitative estimate of drug-likeness (QED) is 0.483. The SMILES string of the molecule is COCc1ccc(C(=O)N2CCC(CCCCNC(=O)c3ccc4ccncc4c3)CC2)nc1. The molecule has 1 N–H and O–H groups in total. The third-order valence-corrected chi connectivity index (χ3v) is 6.48. The second kappa shape index (κ2) is 11.7. The van der Waals surface area contributed by atoms with E-state index in [0.717, 1.165) is 61.5 Å². The number of unbranched alkanes of at least 4 members (excludes halogenated alkanes) is 1. The fourth-order valence-electron chi connectivity index (χ4n) is 4.48. The molecule has 4 rings (SSSR count). The van der Waals surface area contributed by atoms with Crippen LogP contribution < -0.4 is 5.32 Å². The van der Waals surface area contributed by atoms with E-state index in [0.29, 0.717) is 30.3 Å². The molecule has 2 amide bonds. The van der Waals surface area contributed by atoms with E-state index >= 15 is 0 Å². The summed E-state index contributed by atoms with van der Waals surface area (Å²) in [7, 11) is 1.64. The summed E-state index contributed by atoms with van der Waals surface area (Å²) < 4.78 is 5.09. The Morgan fingerprint density at radius 3 is 2.68 bits per heavy atom.